The highest BCUT2D eigenvalue weighted by Crippen LogP contribution is 2.32. The van der Waals surface area contributed by atoms with E-state index in [1.807, 2.05) is 0 Å². The first kappa shape index (κ1) is 14.9. The molecule has 112 valence electrons. The second-order valence-electron chi connectivity index (χ2n) is 4.40. The molecule has 21 heavy (non-hydrogen) atoms. The number of halogens is 3. The summed E-state index contributed by atoms with van der Waals surface area (Å²) in [5.74, 6) is -0.948. The van der Waals surface area contributed by atoms with E-state index >= 15 is 0 Å². The zero-order chi connectivity index (χ0) is 15.8. The quantitative estimate of drug-likeness (QED) is 0.630. The zero-order valence-electron chi connectivity index (χ0n) is 10.7. The summed E-state index contributed by atoms with van der Waals surface area (Å²) in [5, 5.41) is 14.3. The third-order valence-electron chi connectivity index (χ3n) is 2.95. The predicted molar refractivity (Wildman–Crippen MR) is 64.8 cm³/mol. The van der Waals surface area contributed by atoms with Gasteiger partial charge >= 0.3 is 11.9 Å². The number of carbonyl (C=O) groups excluding carboxylic acids is 1. The topological polar surface area (TPSA) is 90.4 Å². The van der Waals surface area contributed by atoms with Crippen molar-refractivity contribution in [3.8, 4) is 0 Å². The monoisotopic (exact) mass is 302 g/mol. The van der Waals surface area contributed by atoms with Crippen LogP contribution in [0.1, 0.15) is 19.4 Å². The summed E-state index contributed by atoms with van der Waals surface area (Å²) < 4.78 is 38.5. The number of amides is 1. The maximum absolute atomic E-state index is 12.5. The largest absolute Gasteiger partial charge is 0.393 e. The molecular weight excluding hydrogens is 293 g/mol. The van der Waals surface area contributed by atoms with E-state index in [1.54, 1.807) is 0 Å². The molecule has 0 aromatic carbocycles. The number of alkyl halides is 3. The summed E-state index contributed by atoms with van der Waals surface area (Å²) >= 11 is 0. The molecule has 1 aromatic rings. The van der Waals surface area contributed by atoms with Crippen molar-refractivity contribution in [3.63, 3.8) is 0 Å². The van der Waals surface area contributed by atoms with Crippen molar-refractivity contribution >= 4 is 17.8 Å². The van der Waals surface area contributed by atoms with E-state index in [0.29, 0.717) is 0 Å². The van der Waals surface area contributed by atoms with Crippen molar-refractivity contribution in [1.82, 2.24) is 9.78 Å². The fourth-order valence-electron chi connectivity index (χ4n) is 1.92. The number of nitrogens with zero attached hydrogens (tertiary/aromatic N) is 4. The molecule has 0 saturated carbocycles. The molecule has 10 heteroatoms. The number of hydrogen-bond donors (Lipinski definition) is 0. The number of aliphatic imine (C=N–C) groups is 1. The SMILES string of the molecule is CC(C1=C(CC(F)(F)F)C(=O)N=C1)n1cc([N+](=O)[O-])cn1. The van der Waals surface area contributed by atoms with Crippen molar-refractivity contribution in [2.24, 2.45) is 4.99 Å². The van der Waals surface area contributed by atoms with Crippen LogP contribution in [0.2, 0.25) is 0 Å². The summed E-state index contributed by atoms with van der Waals surface area (Å²) in [4.78, 5) is 24.7. The molecule has 1 unspecified atom stereocenters. The lowest BCUT2D eigenvalue weighted by molar-refractivity contribution is -0.385. The lowest BCUT2D eigenvalue weighted by Gasteiger charge is -2.14. The average Bonchev–Trinajstić information content (AvgIpc) is 2.96. The van der Waals surface area contributed by atoms with Crippen LogP contribution in [0.3, 0.4) is 0 Å². The van der Waals surface area contributed by atoms with E-state index in [9.17, 15) is 28.1 Å². The maximum Gasteiger partial charge on any atom is 0.393 e. The molecule has 1 aromatic heterocycles. The Morgan fingerprint density at radius 1 is 1.48 bits per heavy atom. The van der Waals surface area contributed by atoms with Gasteiger partial charge in [-0.3, -0.25) is 19.6 Å². The number of allylic oxidation sites excluding steroid dienone is 1. The van der Waals surface area contributed by atoms with E-state index < -0.39 is 35.0 Å². The molecular formula is C11H9F3N4O3. The number of hydrogen-bond acceptors (Lipinski definition) is 4. The van der Waals surface area contributed by atoms with Crippen molar-refractivity contribution in [2.75, 3.05) is 0 Å². The molecule has 1 aliphatic rings. The molecule has 1 amide bonds. The standard InChI is InChI=1S/C11H9F3N4O3/c1-6(17-5-7(3-16-17)18(20)21)9-4-15-10(19)8(9)2-11(12,13)14/h3-6H,2H2,1H3. The van der Waals surface area contributed by atoms with Crippen molar-refractivity contribution in [3.05, 3.63) is 33.7 Å². The van der Waals surface area contributed by atoms with Crippen LogP contribution in [-0.2, 0) is 4.79 Å². The van der Waals surface area contributed by atoms with Crippen LogP contribution in [0, 0.1) is 10.1 Å². The molecule has 7 nitrogen and oxygen atoms in total. The number of aromatic nitrogens is 2. The first-order valence-corrected chi connectivity index (χ1v) is 5.76. The van der Waals surface area contributed by atoms with E-state index in [0.717, 1.165) is 23.3 Å². The van der Waals surface area contributed by atoms with Gasteiger partial charge in [0.2, 0.25) is 0 Å². The Morgan fingerprint density at radius 3 is 2.67 bits per heavy atom. The van der Waals surface area contributed by atoms with Gasteiger partial charge in [0.05, 0.1) is 17.4 Å². The molecule has 0 bridgehead atoms. The third-order valence-corrected chi connectivity index (χ3v) is 2.95. The molecule has 1 atom stereocenters. The van der Waals surface area contributed by atoms with Gasteiger partial charge in [0.1, 0.15) is 12.4 Å². The van der Waals surface area contributed by atoms with Gasteiger partial charge in [-0.25, -0.2) is 4.99 Å². The molecule has 0 saturated heterocycles. The first-order chi connectivity index (χ1) is 9.69. The molecule has 0 spiro atoms. The van der Waals surface area contributed by atoms with Gasteiger partial charge in [-0.15, -0.1) is 0 Å². The molecule has 0 N–H and O–H groups in total. The first-order valence-electron chi connectivity index (χ1n) is 5.76. The van der Waals surface area contributed by atoms with Crippen LogP contribution in [0.4, 0.5) is 18.9 Å². The van der Waals surface area contributed by atoms with Gasteiger partial charge in [0.25, 0.3) is 5.91 Å². The fourth-order valence-corrected chi connectivity index (χ4v) is 1.92. The highest BCUT2D eigenvalue weighted by Gasteiger charge is 2.36. The number of rotatable bonds is 4. The second kappa shape index (κ2) is 5.11. The summed E-state index contributed by atoms with van der Waals surface area (Å²) in [6.45, 7) is 1.48. The summed E-state index contributed by atoms with van der Waals surface area (Å²) in [6, 6.07) is -0.772. The van der Waals surface area contributed by atoms with E-state index in [-0.39, 0.29) is 11.3 Å². The number of nitro groups is 1. The van der Waals surface area contributed by atoms with Gasteiger partial charge in [-0.1, -0.05) is 0 Å². The Labute approximate surface area is 115 Å². The highest BCUT2D eigenvalue weighted by atomic mass is 19.4. The van der Waals surface area contributed by atoms with Crippen LogP contribution in [0.5, 0.6) is 0 Å². The molecule has 2 rings (SSSR count). The smallest absolute Gasteiger partial charge is 0.267 e. The Morgan fingerprint density at radius 2 is 2.14 bits per heavy atom. The summed E-state index contributed by atoms with van der Waals surface area (Å²) in [5.41, 5.74) is -0.704. The Balaban J connectivity index is 2.34. The zero-order valence-corrected chi connectivity index (χ0v) is 10.7. The van der Waals surface area contributed by atoms with Crippen molar-refractivity contribution in [1.29, 1.82) is 0 Å². The average molecular weight is 302 g/mol. The van der Waals surface area contributed by atoms with E-state index in [2.05, 4.69) is 10.1 Å². The number of carbonyl (C=O) groups is 1. The van der Waals surface area contributed by atoms with E-state index in [4.69, 9.17) is 0 Å². The Kier molecular flexibility index (Phi) is 3.62. The van der Waals surface area contributed by atoms with Crippen molar-refractivity contribution in [2.45, 2.75) is 25.6 Å². The van der Waals surface area contributed by atoms with Crippen LogP contribution in [0.15, 0.2) is 28.5 Å². The lowest BCUT2D eigenvalue weighted by atomic mass is 10.0. The minimum absolute atomic E-state index is 0.0512. The Bertz CT molecular complexity index is 660. The molecule has 2 heterocycles. The van der Waals surface area contributed by atoms with Gasteiger partial charge < -0.3 is 0 Å². The minimum atomic E-state index is -4.54. The highest BCUT2D eigenvalue weighted by molar-refractivity contribution is 6.11. The van der Waals surface area contributed by atoms with Crippen LogP contribution < -0.4 is 0 Å². The van der Waals surface area contributed by atoms with Crippen LogP contribution >= 0.6 is 0 Å². The molecule has 0 aliphatic carbocycles. The van der Waals surface area contributed by atoms with Crippen molar-refractivity contribution < 1.29 is 22.9 Å². The van der Waals surface area contributed by atoms with E-state index in [1.165, 1.54) is 6.92 Å². The Hall–Kier alpha value is -2.52. The normalized spacial score (nSPS) is 16.7. The maximum atomic E-state index is 12.5. The fraction of sp³-hybridized carbons (Fsp3) is 0.364. The second-order valence-corrected chi connectivity index (χ2v) is 4.40. The predicted octanol–water partition coefficient (Wildman–Crippen LogP) is 2.21. The minimum Gasteiger partial charge on any atom is -0.267 e. The molecule has 0 fully saturated rings. The summed E-state index contributed by atoms with van der Waals surface area (Å²) in [6.07, 6.45) is -2.83. The van der Waals surface area contributed by atoms with Gasteiger partial charge in [-0.2, -0.15) is 18.3 Å². The summed E-state index contributed by atoms with van der Waals surface area (Å²) in [7, 11) is 0. The van der Waals surface area contributed by atoms with Gasteiger partial charge in [0.15, 0.2) is 0 Å². The third kappa shape index (κ3) is 3.15. The lowest BCUT2D eigenvalue weighted by Crippen LogP contribution is -2.16. The molecule has 0 radical (unpaired) electrons. The van der Waals surface area contributed by atoms with Crippen LogP contribution in [-0.4, -0.2) is 33.0 Å². The van der Waals surface area contributed by atoms with Gasteiger partial charge in [-0.05, 0) is 6.92 Å². The van der Waals surface area contributed by atoms with Gasteiger partial charge in [0, 0.05) is 17.4 Å². The molecule has 1 aliphatic heterocycles. The van der Waals surface area contributed by atoms with Crippen LogP contribution in [0.25, 0.3) is 0 Å².